The lowest BCUT2D eigenvalue weighted by molar-refractivity contribution is -0.144. The van der Waals surface area contributed by atoms with Gasteiger partial charge in [0.05, 0.1) is 6.04 Å². The van der Waals surface area contributed by atoms with Crippen molar-refractivity contribution in [2.24, 2.45) is 10.9 Å². The number of hydrogen-bond donors (Lipinski definition) is 4. The lowest BCUT2D eigenvalue weighted by atomic mass is 9.81. The summed E-state index contributed by atoms with van der Waals surface area (Å²) in [6.45, 7) is 6.17. The number of rotatable bonds is 7. The highest BCUT2D eigenvalue weighted by Crippen LogP contribution is 2.36. The van der Waals surface area contributed by atoms with Crippen LogP contribution in [0.25, 0.3) is 0 Å². The van der Waals surface area contributed by atoms with Crippen LogP contribution in [-0.4, -0.2) is 71.4 Å². The highest BCUT2D eigenvalue weighted by molar-refractivity contribution is 7.87. The van der Waals surface area contributed by atoms with Gasteiger partial charge in [0.25, 0.3) is 22.0 Å². The molecular weight excluding hydrogens is 546 g/mol. The highest BCUT2D eigenvalue weighted by atomic mass is 32.2. The third kappa shape index (κ3) is 7.12. The lowest BCUT2D eigenvalue weighted by Gasteiger charge is -2.37. The maximum absolute atomic E-state index is 14.4. The van der Waals surface area contributed by atoms with Crippen LogP contribution in [0.5, 0.6) is 0 Å². The first-order valence-corrected chi connectivity index (χ1v) is 16.1. The standard InChI is InChI=1S/C28H42N7O5S/c1-17-21(19-10-5-3-6-11-19)16-22(25(30)33-41(31,39)40)32-24(17)28(38)35(20-12-7-4-8-13-20)27(37)23-14-9-15-34(23)26(36)18(2)29/h16,18-20,23H,1,3-15,29H2,2H3,(H2,30,33)(H2,31,39,40)/t18-,23-/m0/s1. The predicted molar refractivity (Wildman–Crippen MR) is 154 cm³/mol. The number of pyridine rings is 1. The molecule has 2 heterocycles. The van der Waals surface area contributed by atoms with E-state index in [4.69, 9.17) is 16.3 Å². The predicted octanol–water partition coefficient (Wildman–Crippen LogP) is 2.07. The van der Waals surface area contributed by atoms with Crippen LogP contribution in [0.4, 0.5) is 0 Å². The maximum Gasteiger partial charge on any atom is 0.297 e. The molecule has 3 amide bonds. The summed E-state index contributed by atoms with van der Waals surface area (Å²) in [6, 6.07) is -0.359. The fourth-order valence-electron chi connectivity index (χ4n) is 6.48. The summed E-state index contributed by atoms with van der Waals surface area (Å²) >= 11 is 0. The SMILES string of the molecule is [CH2]c1c(C2CCCCC2)cc(C(=N)NS(N)(=O)=O)nc1C(=O)N(C(=O)[C@@H]1CCCN1C(=O)[C@H](C)N)C1CCCCC1. The summed E-state index contributed by atoms with van der Waals surface area (Å²) in [5.74, 6) is -1.96. The van der Waals surface area contributed by atoms with Crippen molar-refractivity contribution in [3.8, 4) is 0 Å². The summed E-state index contributed by atoms with van der Waals surface area (Å²) in [5.41, 5.74) is 6.79. The molecule has 4 rings (SSSR count). The summed E-state index contributed by atoms with van der Waals surface area (Å²) < 4.78 is 25.3. The molecule has 225 valence electrons. The maximum atomic E-state index is 14.4. The average molecular weight is 589 g/mol. The van der Waals surface area contributed by atoms with Gasteiger partial charge < -0.3 is 10.6 Å². The first-order chi connectivity index (χ1) is 19.4. The van der Waals surface area contributed by atoms with E-state index in [-0.39, 0.29) is 29.3 Å². The van der Waals surface area contributed by atoms with Gasteiger partial charge in [0, 0.05) is 12.6 Å². The van der Waals surface area contributed by atoms with Gasteiger partial charge in [-0.1, -0.05) is 38.5 Å². The van der Waals surface area contributed by atoms with Crippen LogP contribution in [0.1, 0.15) is 117 Å². The third-order valence-corrected chi connectivity index (χ3v) is 9.00. The lowest BCUT2D eigenvalue weighted by Crippen LogP contribution is -2.55. The van der Waals surface area contributed by atoms with Gasteiger partial charge in [-0.15, -0.1) is 0 Å². The molecule has 0 spiro atoms. The number of nitrogens with two attached hydrogens (primary N) is 2. The topological polar surface area (TPSA) is 193 Å². The highest BCUT2D eigenvalue weighted by Gasteiger charge is 2.43. The Morgan fingerprint density at radius 3 is 2.27 bits per heavy atom. The zero-order valence-electron chi connectivity index (χ0n) is 23.7. The van der Waals surface area contributed by atoms with Crippen molar-refractivity contribution >= 4 is 33.8 Å². The fraction of sp³-hybridized carbons (Fsp3) is 0.643. The molecule has 1 saturated heterocycles. The minimum Gasteiger partial charge on any atom is -0.329 e. The zero-order chi connectivity index (χ0) is 29.9. The van der Waals surface area contributed by atoms with Crippen LogP contribution in [0.2, 0.25) is 0 Å². The van der Waals surface area contributed by atoms with Crippen molar-refractivity contribution in [2.75, 3.05) is 6.54 Å². The molecule has 1 radical (unpaired) electrons. The van der Waals surface area contributed by atoms with Crippen LogP contribution >= 0.6 is 0 Å². The number of amides is 3. The van der Waals surface area contributed by atoms with Gasteiger partial charge in [0.2, 0.25) is 5.91 Å². The second kappa shape index (κ2) is 13.0. The number of carbonyl (C=O) groups excluding carboxylic acids is 3. The van der Waals surface area contributed by atoms with E-state index < -0.39 is 39.9 Å². The van der Waals surface area contributed by atoms with E-state index in [0.717, 1.165) is 51.4 Å². The van der Waals surface area contributed by atoms with Crippen molar-refractivity contribution in [3.63, 3.8) is 0 Å². The molecule has 12 nitrogen and oxygen atoms in total. The van der Waals surface area contributed by atoms with Crippen LogP contribution in [0, 0.1) is 12.3 Å². The van der Waals surface area contributed by atoms with Gasteiger partial charge in [0.15, 0.2) is 5.84 Å². The Kier molecular flexibility index (Phi) is 9.81. The van der Waals surface area contributed by atoms with Gasteiger partial charge in [0.1, 0.15) is 17.4 Å². The molecule has 13 heteroatoms. The van der Waals surface area contributed by atoms with E-state index in [1.54, 1.807) is 13.0 Å². The van der Waals surface area contributed by atoms with Gasteiger partial charge >= 0.3 is 0 Å². The normalized spacial score (nSPS) is 21.4. The Morgan fingerprint density at radius 1 is 1.07 bits per heavy atom. The third-order valence-electron chi connectivity index (χ3n) is 8.51. The van der Waals surface area contributed by atoms with E-state index >= 15 is 0 Å². The average Bonchev–Trinajstić information content (AvgIpc) is 3.43. The Balaban J connectivity index is 1.79. The quantitative estimate of drug-likeness (QED) is 0.213. The van der Waals surface area contributed by atoms with Crippen molar-refractivity contribution in [1.29, 1.82) is 5.41 Å². The van der Waals surface area contributed by atoms with E-state index in [9.17, 15) is 22.8 Å². The second-order valence-corrected chi connectivity index (χ2v) is 12.9. The summed E-state index contributed by atoms with van der Waals surface area (Å²) in [7, 11) is -4.26. The minimum atomic E-state index is -4.26. The molecule has 2 saturated carbocycles. The number of hydrogen-bond acceptors (Lipinski definition) is 8. The number of aromatic nitrogens is 1. The smallest absolute Gasteiger partial charge is 0.297 e. The monoisotopic (exact) mass is 588 g/mol. The van der Waals surface area contributed by atoms with Crippen LogP contribution in [-0.2, 0) is 19.8 Å². The van der Waals surface area contributed by atoms with E-state index in [0.29, 0.717) is 43.4 Å². The van der Waals surface area contributed by atoms with E-state index in [1.165, 1.54) is 9.80 Å². The first-order valence-electron chi connectivity index (χ1n) is 14.6. The van der Waals surface area contributed by atoms with Crippen molar-refractivity contribution in [2.45, 2.75) is 108 Å². The molecule has 0 aromatic carbocycles. The molecule has 3 aliphatic rings. The molecule has 41 heavy (non-hydrogen) atoms. The Morgan fingerprint density at radius 2 is 1.68 bits per heavy atom. The number of nitrogens with one attached hydrogen (secondary N) is 2. The summed E-state index contributed by atoms with van der Waals surface area (Å²) in [6.07, 6.45) is 9.84. The molecule has 0 unspecified atom stereocenters. The number of likely N-dealkylation sites (tertiary alicyclic amines) is 1. The second-order valence-electron chi connectivity index (χ2n) is 11.6. The van der Waals surface area contributed by atoms with Crippen molar-refractivity contribution < 1.29 is 22.8 Å². The Bertz CT molecular complexity index is 1290. The molecule has 1 aromatic heterocycles. The Labute approximate surface area is 242 Å². The van der Waals surface area contributed by atoms with Crippen molar-refractivity contribution in [3.05, 3.63) is 35.5 Å². The molecular formula is C28H42N7O5S. The fourth-order valence-corrected chi connectivity index (χ4v) is 6.87. The molecule has 1 aromatic rings. The zero-order valence-corrected chi connectivity index (χ0v) is 24.5. The number of carbonyl (C=O) groups is 3. The van der Waals surface area contributed by atoms with Crippen LogP contribution in [0.15, 0.2) is 6.07 Å². The minimum absolute atomic E-state index is 0.0552. The van der Waals surface area contributed by atoms with Crippen LogP contribution < -0.4 is 15.6 Å². The van der Waals surface area contributed by atoms with Crippen molar-refractivity contribution in [1.82, 2.24) is 19.5 Å². The number of imide groups is 1. The molecule has 1 aliphatic heterocycles. The number of amidine groups is 1. The molecule has 6 N–H and O–H groups in total. The Hall–Kier alpha value is -2.90. The van der Waals surface area contributed by atoms with Gasteiger partial charge in [-0.25, -0.2) is 10.1 Å². The largest absolute Gasteiger partial charge is 0.329 e. The molecule has 2 aliphatic carbocycles. The van der Waals surface area contributed by atoms with Gasteiger partial charge in [-0.05, 0) is 75.5 Å². The molecule has 3 fully saturated rings. The van der Waals surface area contributed by atoms with Gasteiger partial charge in [-0.2, -0.15) is 8.42 Å². The van der Waals surface area contributed by atoms with Gasteiger partial charge in [-0.3, -0.25) is 29.4 Å². The summed E-state index contributed by atoms with van der Waals surface area (Å²) in [4.78, 5) is 48.6. The number of nitrogens with zero attached hydrogens (tertiary/aromatic N) is 3. The first kappa shape index (κ1) is 31.0. The van der Waals surface area contributed by atoms with E-state index in [1.807, 2.05) is 4.72 Å². The van der Waals surface area contributed by atoms with Crippen LogP contribution in [0.3, 0.4) is 0 Å². The molecule has 2 atom stereocenters. The molecule has 0 bridgehead atoms. The van der Waals surface area contributed by atoms with E-state index in [2.05, 4.69) is 11.9 Å². The summed E-state index contributed by atoms with van der Waals surface area (Å²) in [5, 5.41) is 13.5.